The average Bonchev–Trinajstić information content (AvgIpc) is 2.81. The molecule has 0 saturated carbocycles. The molecule has 0 radical (unpaired) electrons. The van der Waals surface area contributed by atoms with E-state index in [0.29, 0.717) is 19.6 Å². The second-order valence-electron chi connectivity index (χ2n) is 8.71. The van der Waals surface area contributed by atoms with E-state index in [4.69, 9.17) is 9.47 Å². The van der Waals surface area contributed by atoms with E-state index in [2.05, 4.69) is 19.2 Å². The van der Waals surface area contributed by atoms with Crippen LogP contribution in [0.25, 0.3) is 0 Å². The van der Waals surface area contributed by atoms with Crippen molar-refractivity contribution < 1.29 is 19.4 Å². The molecule has 0 heterocycles. The van der Waals surface area contributed by atoms with Crippen LogP contribution in [0.15, 0.2) is 48.5 Å². The van der Waals surface area contributed by atoms with E-state index in [1.165, 1.54) is 11.1 Å². The molecule has 2 aromatic carbocycles. The molecule has 5 nitrogen and oxygen atoms in total. The lowest BCUT2D eigenvalue weighted by Crippen LogP contribution is -2.60. The van der Waals surface area contributed by atoms with Gasteiger partial charge >= 0.3 is 5.97 Å². The molecule has 1 aliphatic carbocycles. The lowest BCUT2D eigenvalue weighted by atomic mass is 9.62. The number of nitrogens with one attached hydrogen (secondary N) is 1. The zero-order chi connectivity index (χ0) is 23.1. The van der Waals surface area contributed by atoms with Crippen LogP contribution in [0.3, 0.4) is 0 Å². The topological polar surface area (TPSA) is 67.8 Å². The van der Waals surface area contributed by atoms with Gasteiger partial charge in [0.05, 0.1) is 18.6 Å². The molecule has 0 aromatic heterocycles. The molecule has 1 unspecified atom stereocenters. The Bertz CT molecular complexity index is 878. The predicted octanol–water partition coefficient (Wildman–Crippen LogP) is 4.40. The van der Waals surface area contributed by atoms with Crippen LogP contribution >= 0.6 is 0 Å². The Morgan fingerprint density at radius 1 is 1.16 bits per heavy atom. The van der Waals surface area contributed by atoms with Crippen LogP contribution in [-0.2, 0) is 32.5 Å². The van der Waals surface area contributed by atoms with Gasteiger partial charge in [-0.1, -0.05) is 50.2 Å². The van der Waals surface area contributed by atoms with Gasteiger partial charge in [0.25, 0.3) is 0 Å². The van der Waals surface area contributed by atoms with Crippen LogP contribution in [0, 0.1) is 5.92 Å². The van der Waals surface area contributed by atoms with E-state index < -0.39 is 0 Å². The molecule has 0 bridgehead atoms. The van der Waals surface area contributed by atoms with Gasteiger partial charge in [-0.15, -0.1) is 0 Å². The average molecular weight is 440 g/mol. The number of carbonyl (C=O) groups is 1. The minimum Gasteiger partial charge on any atom is -0.508 e. The fourth-order valence-electron chi connectivity index (χ4n) is 5.35. The van der Waals surface area contributed by atoms with Gasteiger partial charge in [-0.05, 0) is 55.0 Å². The van der Waals surface area contributed by atoms with Gasteiger partial charge in [-0.25, -0.2) is 0 Å². The Labute approximate surface area is 192 Å². The van der Waals surface area contributed by atoms with Crippen molar-refractivity contribution in [2.24, 2.45) is 5.92 Å². The first-order chi connectivity index (χ1) is 15.5. The van der Waals surface area contributed by atoms with Crippen LogP contribution in [-0.4, -0.2) is 43.5 Å². The smallest absolute Gasteiger partial charge is 0.310 e. The van der Waals surface area contributed by atoms with Crippen LogP contribution < -0.4 is 5.32 Å². The Kier molecular flexibility index (Phi) is 8.32. The maximum Gasteiger partial charge on any atom is 0.310 e. The molecule has 0 aliphatic heterocycles. The Hall–Kier alpha value is -2.37. The maximum atomic E-state index is 12.8. The van der Waals surface area contributed by atoms with Gasteiger partial charge < -0.3 is 19.9 Å². The van der Waals surface area contributed by atoms with Crippen molar-refractivity contribution in [1.82, 2.24) is 5.32 Å². The van der Waals surface area contributed by atoms with E-state index in [1.807, 2.05) is 49.4 Å². The van der Waals surface area contributed by atoms with Crippen LogP contribution in [0.1, 0.15) is 50.3 Å². The van der Waals surface area contributed by atoms with Gasteiger partial charge in [0, 0.05) is 31.5 Å². The lowest BCUT2D eigenvalue weighted by molar-refractivity contribution is -0.148. The number of hydrogen-bond donors (Lipinski definition) is 2. The summed E-state index contributed by atoms with van der Waals surface area (Å²) < 4.78 is 11.4. The number of hydrogen-bond acceptors (Lipinski definition) is 5. The summed E-state index contributed by atoms with van der Waals surface area (Å²) in [6.07, 6.45) is 3.18. The number of aromatic hydroxyl groups is 1. The zero-order valence-electron chi connectivity index (χ0n) is 19.8. The number of methoxy groups -OCH3 is 1. The molecule has 0 spiro atoms. The highest BCUT2D eigenvalue weighted by molar-refractivity contribution is 5.73. The minimum absolute atomic E-state index is 0.0181. The summed E-state index contributed by atoms with van der Waals surface area (Å²) in [5.74, 6) is -0.171. The molecular formula is C27H37NO4. The molecule has 0 fully saturated rings. The first-order valence-electron chi connectivity index (χ1n) is 11.8. The Morgan fingerprint density at radius 3 is 2.50 bits per heavy atom. The van der Waals surface area contributed by atoms with E-state index >= 15 is 0 Å². The SMILES string of the molecule is CCOC(=O)C(CN[C@@H]1[C@@H](OC)Cc2ccc(O)cc2C1(CC)CC)Cc1ccccc1. The molecule has 3 rings (SSSR count). The van der Waals surface area contributed by atoms with Gasteiger partial charge in [0.15, 0.2) is 0 Å². The summed E-state index contributed by atoms with van der Waals surface area (Å²) in [5.41, 5.74) is 3.33. The Balaban J connectivity index is 1.89. The van der Waals surface area contributed by atoms with Crippen molar-refractivity contribution in [2.45, 2.75) is 64.0 Å². The largest absolute Gasteiger partial charge is 0.508 e. The highest BCUT2D eigenvalue weighted by atomic mass is 16.5. The number of phenols is 1. The molecule has 0 amide bonds. The summed E-state index contributed by atoms with van der Waals surface area (Å²) in [6.45, 7) is 7.10. The third-order valence-corrected chi connectivity index (χ3v) is 7.11. The third kappa shape index (κ3) is 5.00. The van der Waals surface area contributed by atoms with Crippen molar-refractivity contribution in [3.05, 3.63) is 65.2 Å². The van der Waals surface area contributed by atoms with E-state index in [1.54, 1.807) is 13.2 Å². The lowest BCUT2D eigenvalue weighted by Gasteiger charge is -2.49. The van der Waals surface area contributed by atoms with Crippen LogP contribution in [0.5, 0.6) is 5.75 Å². The van der Waals surface area contributed by atoms with Crippen molar-refractivity contribution in [1.29, 1.82) is 0 Å². The number of carbonyl (C=O) groups excluding carboxylic acids is 1. The molecule has 174 valence electrons. The molecule has 2 N–H and O–H groups in total. The first-order valence-corrected chi connectivity index (χ1v) is 11.8. The molecular weight excluding hydrogens is 402 g/mol. The highest BCUT2D eigenvalue weighted by Gasteiger charge is 2.47. The van der Waals surface area contributed by atoms with E-state index in [0.717, 1.165) is 24.8 Å². The van der Waals surface area contributed by atoms with Crippen LogP contribution in [0.2, 0.25) is 0 Å². The van der Waals surface area contributed by atoms with Crippen molar-refractivity contribution >= 4 is 5.97 Å². The second kappa shape index (κ2) is 11.0. The molecule has 1 aliphatic rings. The minimum atomic E-state index is -0.285. The number of ether oxygens (including phenoxy) is 2. The van der Waals surface area contributed by atoms with Crippen molar-refractivity contribution in [2.75, 3.05) is 20.3 Å². The van der Waals surface area contributed by atoms with Crippen molar-refractivity contribution in [3.63, 3.8) is 0 Å². The first kappa shape index (κ1) is 24.3. The quantitative estimate of drug-likeness (QED) is 0.537. The summed E-state index contributed by atoms with van der Waals surface area (Å²) in [5, 5.41) is 14.0. The molecule has 5 heteroatoms. The molecule has 0 saturated heterocycles. The van der Waals surface area contributed by atoms with Crippen LogP contribution in [0.4, 0.5) is 0 Å². The van der Waals surface area contributed by atoms with Gasteiger partial charge in [0.1, 0.15) is 5.75 Å². The zero-order valence-corrected chi connectivity index (χ0v) is 19.8. The monoisotopic (exact) mass is 439 g/mol. The molecule has 32 heavy (non-hydrogen) atoms. The van der Waals surface area contributed by atoms with Gasteiger partial charge in [-0.3, -0.25) is 4.79 Å². The predicted molar refractivity (Wildman–Crippen MR) is 127 cm³/mol. The maximum absolute atomic E-state index is 12.8. The number of esters is 1. The van der Waals surface area contributed by atoms with E-state index in [9.17, 15) is 9.90 Å². The summed E-state index contributed by atoms with van der Waals surface area (Å²) in [4.78, 5) is 12.8. The number of rotatable bonds is 10. The normalized spacial score (nSPS) is 20.4. The third-order valence-electron chi connectivity index (χ3n) is 7.11. The molecule has 2 aromatic rings. The Morgan fingerprint density at radius 2 is 1.88 bits per heavy atom. The van der Waals surface area contributed by atoms with Gasteiger partial charge in [-0.2, -0.15) is 0 Å². The summed E-state index contributed by atoms with van der Waals surface area (Å²) in [7, 11) is 1.76. The number of fused-ring (bicyclic) bond motifs is 1. The summed E-state index contributed by atoms with van der Waals surface area (Å²) in [6, 6.07) is 15.8. The van der Waals surface area contributed by atoms with E-state index in [-0.39, 0.29) is 35.2 Å². The van der Waals surface area contributed by atoms with Gasteiger partial charge in [0.2, 0.25) is 0 Å². The number of phenolic OH excluding ortho intramolecular Hbond substituents is 1. The molecule has 3 atom stereocenters. The second-order valence-corrected chi connectivity index (χ2v) is 8.71. The standard InChI is InChI=1S/C27H37NO4/c1-5-27(6-2)23-17-22(29)14-13-20(23)16-24(31-4)25(27)28-18-21(26(30)32-7-3)15-19-11-9-8-10-12-19/h8-14,17,21,24-25,28-29H,5-7,15-16,18H2,1-4H3/t21?,24-,25+/m0/s1. The fourth-order valence-corrected chi connectivity index (χ4v) is 5.35. The number of benzene rings is 2. The highest BCUT2D eigenvalue weighted by Crippen LogP contribution is 2.44. The fraction of sp³-hybridized carbons (Fsp3) is 0.519. The van der Waals surface area contributed by atoms with Crippen molar-refractivity contribution in [3.8, 4) is 5.75 Å². The summed E-state index contributed by atoms with van der Waals surface area (Å²) >= 11 is 0.